The van der Waals surface area contributed by atoms with Crippen molar-refractivity contribution in [3.05, 3.63) is 29.8 Å². The number of carbonyl (C=O) groups excluding carboxylic acids is 1. The summed E-state index contributed by atoms with van der Waals surface area (Å²) in [6.45, 7) is 0. The molecule has 1 saturated carbocycles. The van der Waals surface area contributed by atoms with Crippen LogP contribution in [0.2, 0.25) is 0 Å². The van der Waals surface area contributed by atoms with Gasteiger partial charge in [0.15, 0.2) is 5.17 Å². The molecule has 3 rings (SSSR count). The second-order valence-electron chi connectivity index (χ2n) is 6.66. The van der Waals surface area contributed by atoms with Crippen molar-refractivity contribution in [2.45, 2.75) is 50.6 Å². The number of hydrogen-bond acceptors (Lipinski definition) is 3. The number of halogens is 2. The van der Waals surface area contributed by atoms with Gasteiger partial charge in [-0.3, -0.25) is 9.79 Å². The zero-order valence-electron chi connectivity index (χ0n) is 14.3. The number of hydrogen-bond donors (Lipinski definition) is 1. The maximum atomic E-state index is 13.6. The average Bonchev–Trinajstić information content (AvgIpc) is 2.92. The lowest BCUT2D eigenvalue weighted by atomic mass is 9.96. The van der Waals surface area contributed by atoms with Crippen molar-refractivity contribution in [1.82, 2.24) is 4.90 Å². The molecule has 1 aliphatic heterocycles. The van der Waals surface area contributed by atoms with Crippen LogP contribution in [0, 0.1) is 11.6 Å². The number of rotatable bonds is 4. The molecule has 1 amide bonds. The van der Waals surface area contributed by atoms with E-state index in [-0.39, 0.29) is 24.1 Å². The number of nitrogens with one attached hydrogen (secondary N) is 1. The average molecular weight is 367 g/mol. The number of carbonyl (C=O) groups is 1. The summed E-state index contributed by atoms with van der Waals surface area (Å²) >= 11 is 1.68. The van der Waals surface area contributed by atoms with Gasteiger partial charge in [0.25, 0.3) is 0 Å². The zero-order valence-corrected chi connectivity index (χ0v) is 15.1. The molecule has 0 bridgehead atoms. The molecule has 0 aromatic heterocycles. The molecule has 1 aliphatic carbocycles. The Morgan fingerprint density at radius 1 is 1.32 bits per heavy atom. The van der Waals surface area contributed by atoms with E-state index < -0.39 is 11.6 Å². The maximum Gasteiger partial charge on any atom is 0.226 e. The minimum atomic E-state index is -0.762. The van der Waals surface area contributed by atoms with Crippen molar-refractivity contribution in [2.24, 2.45) is 4.99 Å². The number of amides is 1. The maximum absolute atomic E-state index is 13.6. The molecular formula is C18H23F2N3OS. The van der Waals surface area contributed by atoms with Gasteiger partial charge in [0.05, 0.1) is 11.7 Å². The minimum Gasteiger partial charge on any atom is -0.350 e. The first kappa shape index (κ1) is 18.2. The van der Waals surface area contributed by atoms with Crippen molar-refractivity contribution in [3.63, 3.8) is 0 Å². The fourth-order valence-corrected chi connectivity index (χ4v) is 4.50. The van der Waals surface area contributed by atoms with E-state index >= 15 is 0 Å². The van der Waals surface area contributed by atoms with Crippen LogP contribution < -0.4 is 5.32 Å². The van der Waals surface area contributed by atoms with E-state index in [1.807, 2.05) is 7.05 Å². The van der Waals surface area contributed by atoms with Gasteiger partial charge in [0.1, 0.15) is 11.6 Å². The molecule has 1 heterocycles. The summed E-state index contributed by atoms with van der Waals surface area (Å²) in [6.07, 6.45) is 6.33. The molecule has 7 heteroatoms. The van der Waals surface area contributed by atoms with Crippen LogP contribution in [0.3, 0.4) is 0 Å². The third-order valence-corrected chi connectivity index (χ3v) is 5.95. The van der Waals surface area contributed by atoms with Gasteiger partial charge in [0.2, 0.25) is 5.91 Å². The van der Waals surface area contributed by atoms with Crippen LogP contribution in [0.4, 0.5) is 14.5 Å². The van der Waals surface area contributed by atoms with Crippen molar-refractivity contribution < 1.29 is 13.6 Å². The molecule has 1 unspecified atom stereocenters. The number of benzene rings is 1. The molecule has 1 saturated heterocycles. The van der Waals surface area contributed by atoms with E-state index in [4.69, 9.17) is 4.99 Å². The molecule has 0 radical (unpaired) electrons. The largest absolute Gasteiger partial charge is 0.350 e. The highest BCUT2D eigenvalue weighted by molar-refractivity contribution is 8.14. The molecule has 1 atom stereocenters. The Kier molecular flexibility index (Phi) is 5.93. The molecule has 2 aliphatic rings. The first-order chi connectivity index (χ1) is 12.0. The van der Waals surface area contributed by atoms with Crippen LogP contribution in [0.15, 0.2) is 23.2 Å². The number of amidine groups is 1. The Morgan fingerprint density at radius 3 is 2.80 bits per heavy atom. The van der Waals surface area contributed by atoms with Gasteiger partial charge in [-0.2, -0.15) is 0 Å². The van der Waals surface area contributed by atoms with Crippen molar-refractivity contribution >= 4 is 28.5 Å². The Bertz CT molecular complexity index is 662. The predicted octanol–water partition coefficient (Wildman–Crippen LogP) is 4.03. The van der Waals surface area contributed by atoms with Gasteiger partial charge in [-0.25, -0.2) is 8.78 Å². The van der Waals surface area contributed by atoms with Crippen molar-refractivity contribution in [3.8, 4) is 0 Å². The molecule has 136 valence electrons. The Hall–Kier alpha value is -1.63. The summed E-state index contributed by atoms with van der Waals surface area (Å²) in [5, 5.41) is 3.52. The number of aliphatic imine (C=N–C) groups is 1. The van der Waals surface area contributed by atoms with Crippen LogP contribution in [0.5, 0.6) is 0 Å². The van der Waals surface area contributed by atoms with E-state index in [1.54, 1.807) is 11.8 Å². The fraction of sp³-hybridized carbons (Fsp3) is 0.556. The van der Waals surface area contributed by atoms with Crippen LogP contribution in [0.1, 0.15) is 38.5 Å². The molecule has 1 aromatic rings. The third kappa shape index (κ3) is 4.71. The molecule has 0 spiro atoms. The molecule has 1 aromatic carbocycles. The number of nitrogens with zero attached hydrogens (tertiary/aromatic N) is 2. The molecule has 2 fully saturated rings. The summed E-state index contributed by atoms with van der Waals surface area (Å²) in [6, 6.07) is 3.58. The molecule has 25 heavy (non-hydrogen) atoms. The normalized spacial score (nSPS) is 23.2. The summed E-state index contributed by atoms with van der Waals surface area (Å²) < 4.78 is 26.6. The summed E-state index contributed by atoms with van der Waals surface area (Å²) in [4.78, 5) is 19.1. The highest BCUT2D eigenvalue weighted by atomic mass is 32.2. The topological polar surface area (TPSA) is 44.7 Å². The van der Waals surface area contributed by atoms with Crippen molar-refractivity contribution in [2.75, 3.05) is 18.1 Å². The van der Waals surface area contributed by atoms with E-state index in [0.717, 1.165) is 35.9 Å². The molecule has 4 nitrogen and oxygen atoms in total. The Labute approximate surface area is 151 Å². The predicted molar refractivity (Wildman–Crippen MR) is 97.9 cm³/mol. The first-order valence-corrected chi connectivity index (χ1v) is 9.70. The van der Waals surface area contributed by atoms with Gasteiger partial charge in [-0.1, -0.05) is 31.0 Å². The third-order valence-electron chi connectivity index (χ3n) is 4.75. The van der Waals surface area contributed by atoms with Gasteiger partial charge in [-0.15, -0.1) is 0 Å². The summed E-state index contributed by atoms with van der Waals surface area (Å²) in [5.41, 5.74) is 0.01000. The van der Waals surface area contributed by atoms with Gasteiger partial charge in [-0.05, 0) is 25.0 Å². The lowest BCUT2D eigenvalue weighted by Crippen LogP contribution is -2.34. The van der Waals surface area contributed by atoms with Crippen LogP contribution in [0.25, 0.3) is 0 Å². The quantitative estimate of drug-likeness (QED) is 0.874. The SMILES string of the molecule is CN1C(=NC2CCCCC2)SCC1CC(=O)Nc1ccc(F)cc1F. The highest BCUT2D eigenvalue weighted by Crippen LogP contribution is 2.28. The summed E-state index contributed by atoms with van der Waals surface area (Å²) in [7, 11) is 1.96. The Morgan fingerprint density at radius 2 is 2.08 bits per heavy atom. The molecule has 1 N–H and O–H groups in total. The second-order valence-corrected chi connectivity index (χ2v) is 7.64. The first-order valence-electron chi connectivity index (χ1n) is 8.71. The van der Waals surface area contributed by atoms with Gasteiger partial charge in [0, 0.05) is 31.3 Å². The van der Waals surface area contributed by atoms with E-state index in [2.05, 4.69) is 10.2 Å². The Balaban J connectivity index is 1.56. The number of thioether (sulfide) groups is 1. The lowest BCUT2D eigenvalue weighted by Gasteiger charge is -2.23. The van der Waals surface area contributed by atoms with E-state index in [1.165, 1.54) is 25.3 Å². The smallest absolute Gasteiger partial charge is 0.226 e. The second kappa shape index (κ2) is 8.17. The standard InChI is InChI=1S/C18H23F2N3OS/c1-23-14(11-25-18(23)21-13-5-3-2-4-6-13)10-17(24)22-16-8-7-12(19)9-15(16)20/h7-9,13-14H,2-6,10-11H2,1H3,(H,22,24). The highest BCUT2D eigenvalue weighted by Gasteiger charge is 2.30. The minimum absolute atomic E-state index is 0.01000. The van der Waals surface area contributed by atoms with Gasteiger partial charge >= 0.3 is 0 Å². The van der Waals surface area contributed by atoms with Crippen LogP contribution >= 0.6 is 11.8 Å². The fourth-order valence-electron chi connectivity index (χ4n) is 3.24. The van der Waals surface area contributed by atoms with E-state index in [9.17, 15) is 13.6 Å². The van der Waals surface area contributed by atoms with Crippen LogP contribution in [-0.2, 0) is 4.79 Å². The van der Waals surface area contributed by atoms with Crippen LogP contribution in [-0.4, -0.2) is 40.9 Å². The zero-order chi connectivity index (χ0) is 17.8. The number of anilines is 1. The lowest BCUT2D eigenvalue weighted by molar-refractivity contribution is -0.116. The van der Waals surface area contributed by atoms with E-state index in [0.29, 0.717) is 6.04 Å². The van der Waals surface area contributed by atoms with Gasteiger partial charge < -0.3 is 10.2 Å². The summed E-state index contributed by atoms with van der Waals surface area (Å²) in [5.74, 6) is -0.906. The van der Waals surface area contributed by atoms with Crippen molar-refractivity contribution in [1.29, 1.82) is 0 Å². The monoisotopic (exact) mass is 367 g/mol. The molecular weight excluding hydrogens is 344 g/mol.